The Bertz CT molecular complexity index is 408. The first-order chi connectivity index (χ1) is 7.70. The first kappa shape index (κ1) is 11.3. The van der Waals surface area contributed by atoms with Gasteiger partial charge in [0, 0.05) is 5.75 Å². The maximum absolute atomic E-state index is 11.1. The van der Waals surface area contributed by atoms with Crippen LogP contribution < -0.4 is 10.1 Å². The van der Waals surface area contributed by atoms with Gasteiger partial charge in [0.25, 0.3) is 5.91 Å². The lowest BCUT2D eigenvalue weighted by atomic mass is 10.1. The molecule has 1 aliphatic heterocycles. The van der Waals surface area contributed by atoms with E-state index in [-0.39, 0.29) is 12.5 Å². The Morgan fingerprint density at radius 3 is 3.19 bits per heavy atom. The lowest BCUT2D eigenvalue weighted by Crippen LogP contribution is -2.25. The smallest absolute Gasteiger partial charge is 0.262 e. The van der Waals surface area contributed by atoms with Gasteiger partial charge in [0.15, 0.2) is 6.61 Å². The molecule has 2 N–H and O–H groups in total. The third-order valence-electron chi connectivity index (χ3n) is 2.35. The fourth-order valence-electron chi connectivity index (χ4n) is 1.56. The SMILES string of the molecule is CSCC(O)c1ccc2c(c1)NC(=O)CO2. The average Bonchev–Trinajstić information content (AvgIpc) is 2.28. The van der Waals surface area contributed by atoms with Crippen LogP contribution in [0.3, 0.4) is 0 Å². The van der Waals surface area contributed by atoms with Gasteiger partial charge in [-0.1, -0.05) is 6.07 Å². The highest BCUT2D eigenvalue weighted by atomic mass is 32.2. The molecule has 0 saturated heterocycles. The summed E-state index contributed by atoms with van der Waals surface area (Å²) in [6.07, 6.45) is 1.42. The molecule has 1 atom stereocenters. The zero-order chi connectivity index (χ0) is 11.5. The molecule has 1 amide bonds. The van der Waals surface area contributed by atoms with Crippen LogP contribution in [0.15, 0.2) is 18.2 Å². The minimum Gasteiger partial charge on any atom is -0.482 e. The van der Waals surface area contributed by atoms with Gasteiger partial charge in [-0.3, -0.25) is 4.79 Å². The standard InChI is InChI=1S/C11H13NO3S/c1-16-6-9(13)7-2-3-10-8(4-7)12-11(14)5-15-10/h2-4,9,13H,5-6H2,1H3,(H,12,14). The van der Waals surface area contributed by atoms with E-state index in [4.69, 9.17) is 4.74 Å². The first-order valence-corrected chi connectivity index (χ1v) is 6.33. The van der Waals surface area contributed by atoms with Gasteiger partial charge in [-0.15, -0.1) is 0 Å². The van der Waals surface area contributed by atoms with E-state index in [0.29, 0.717) is 17.2 Å². The molecule has 5 heteroatoms. The Hall–Kier alpha value is -1.20. The Morgan fingerprint density at radius 1 is 1.62 bits per heavy atom. The molecule has 1 aromatic carbocycles. The zero-order valence-corrected chi connectivity index (χ0v) is 9.71. The monoisotopic (exact) mass is 239 g/mol. The molecule has 0 radical (unpaired) electrons. The van der Waals surface area contributed by atoms with Crippen molar-refractivity contribution >= 4 is 23.4 Å². The highest BCUT2D eigenvalue weighted by Gasteiger charge is 2.17. The van der Waals surface area contributed by atoms with E-state index >= 15 is 0 Å². The first-order valence-electron chi connectivity index (χ1n) is 4.94. The van der Waals surface area contributed by atoms with Crippen molar-refractivity contribution in [1.29, 1.82) is 0 Å². The molecule has 1 heterocycles. The topological polar surface area (TPSA) is 58.6 Å². The molecular weight excluding hydrogens is 226 g/mol. The average molecular weight is 239 g/mol. The van der Waals surface area contributed by atoms with Crippen LogP contribution in [0.4, 0.5) is 5.69 Å². The van der Waals surface area contributed by atoms with Crippen LogP contribution in [-0.2, 0) is 4.79 Å². The Balaban J connectivity index is 2.24. The molecule has 1 aromatic rings. The number of aliphatic hydroxyl groups excluding tert-OH is 1. The second kappa shape index (κ2) is 4.76. The summed E-state index contributed by atoms with van der Waals surface area (Å²) < 4.78 is 5.23. The number of ether oxygens (including phenoxy) is 1. The van der Waals surface area contributed by atoms with Gasteiger partial charge in [-0.25, -0.2) is 0 Å². The van der Waals surface area contributed by atoms with Crippen LogP contribution in [0.1, 0.15) is 11.7 Å². The number of benzene rings is 1. The van der Waals surface area contributed by atoms with Gasteiger partial charge < -0.3 is 15.2 Å². The molecule has 0 spiro atoms. The van der Waals surface area contributed by atoms with Crippen molar-refractivity contribution < 1.29 is 14.6 Å². The number of anilines is 1. The number of thioether (sulfide) groups is 1. The van der Waals surface area contributed by atoms with E-state index in [1.807, 2.05) is 12.3 Å². The number of hydrogen-bond donors (Lipinski definition) is 2. The van der Waals surface area contributed by atoms with E-state index in [2.05, 4.69) is 5.32 Å². The van der Waals surface area contributed by atoms with E-state index in [1.165, 1.54) is 0 Å². The third-order valence-corrected chi connectivity index (χ3v) is 2.99. The van der Waals surface area contributed by atoms with Gasteiger partial charge in [-0.2, -0.15) is 11.8 Å². The fourth-order valence-corrected chi connectivity index (χ4v) is 2.07. The molecule has 0 fully saturated rings. The maximum atomic E-state index is 11.1. The highest BCUT2D eigenvalue weighted by molar-refractivity contribution is 7.98. The maximum Gasteiger partial charge on any atom is 0.262 e. The van der Waals surface area contributed by atoms with Gasteiger partial charge >= 0.3 is 0 Å². The van der Waals surface area contributed by atoms with Crippen molar-refractivity contribution in [3.63, 3.8) is 0 Å². The Kier molecular flexibility index (Phi) is 3.36. The van der Waals surface area contributed by atoms with Crippen LogP contribution in [0.2, 0.25) is 0 Å². The third kappa shape index (κ3) is 2.31. The quantitative estimate of drug-likeness (QED) is 0.837. The number of aliphatic hydroxyl groups is 1. The summed E-state index contributed by atoms with van der Waals surface area (Å²) in [4.78, 5) is 11.1. The predicted octanol–water partition coefficient (Wildman–Crippen LogP) is 1.41. The minimum absolute atomic E-state index is 0.0553. The molecule has 0 saturated carbocycles. The number of hydrogen-bond acceptors (Lipinski definition) is 4. The highest BCUT2D eigenvalue weighted by Crippen LogP contribution is 2.31. The number of rotatable bonds is 3. The van der Waals surface area contributed by atoms with Crippen molar-refractivity contribution in [2.75, 3.05) is 23.9 Å². The van der Waals surface area contributed by atoms with Crippen LogP contribution in [-0.4, -0.2) is 29.6 Å². The lowest BCUT2D eigenvalue weighted by molar-refractivity contribution is -0.118. The second-order valence-electron chi connectivity index (χ2n) is 3.56. The van der Waals surface area contributed by atoms with E-state index in [9.17, 15) is 9.90 Å². The summed E-state index contributed by atoms with van der Waals surface area (Å²) in [5, 5.41) is 12.5. The van der Waals surface area contributed by atoms with Crippen molar-refractivity contribution in [2.24, 2.45) is 0 Å². The van der Waals surface area contributed by atoms with Gasteiger partial charge in [-0.05, 0) is 24.0 Å². The van der Waals surface area contributed by atoms with Gasteiger partial charge in [0.2, 0.25) is 0 Å². The predicted molar refractivity (Wildman–Crippen MR) is 63.9 cm³/mol. The molecule has 0 aromatic heterocycles. The molecule has 0 aliphatic carbocycles. The van der Waals surface area contributed by atoms with Gasteiger partial charge in [0.05, 0.1) is 11.8 Å². The number of carbonyl (C=O) groups is 1. The van der Waals surface area contributed by atoms with Gasteiger partial charge in [0.1, 0.15) is 5.75 Å². The number of amides is 1. The van der Waals surface area contributed by atoms with Crippen LogP contribution in [0, 0.1) is 0 Å². The van der Waals surface area contributed by atoms with E-state index in [1.54, 1.807) is 23.9 Å². The molecule has 0 bridgehead atoms. The second-order valence-corrected chi connectivity index (χ2v) is 4.47. The van der Waals surface area contributed by atoms with Crippen molar-refractivity contribution in [3.8, 4) is 5.75 Å². The largest absolute Gasteiger partial charge is 0.482 e. The van der Waals surface area contributed by atoms with Crippen LogP contribution in [0.5, 0.6) is 5.75 Å². The normalized spacial score (nSPS) is 16.0. The lowest BCUT2D eigenvalue weighted by Gasteiger charge is -2.19. The molecule has 2 rings (SSSR count). The molecule has 4 nitrogen and oxygen atoms in total. The molecular formula is C11H13NO3S. The van der Waals surface area contributed by atoms with Crippen LogP contribution >= 0.6 is 11.8 Å². The summed E-state index contributed by atoms with van der Waals surface area (Å²) in [6, 6.07) is 5.35. The van der Waals surface area contributed by atoms with Crippen molar-refractivity contribution in [3.05, 3.63) is 23.8 Å². The Labute approximate surface area is 98.0 Å². The summed E-state index contributed by atoms with van der Waals surface area (Å²) in [6.45, 7) is 0.0553. The summed E-state index contributed by atoms with van der Waals surface area (Å²) >= 11 is 1.57. The van der Waals surface area contributed by atoms with Crippen molar-refractivity contribution in [1.82, 2.24) is 0 Å². The Morgan fingerprint density at radius 2 is 2.44 bits per heavy atom. The van der Waals surface area contributed by atoms with Crippen LogP contribution in [0.25, 0.3) is 0 Å². The molecule has 16 heavy (non-hydrogen) atoms. The summed E-state index contributed by atoms with van der Waals surface area (Å²) in [5.41, 5.74) is 1.42. The zero-order valence-electron chi connectivity index (χ0n) is 8.90. The number of fused-ring (bicyclic) bond motifs is 1. The summed E-state index contributed by atoms with van der Waals surface area (Å²) in [5.74, 6) is 1.12. The van der Waals surface area contributed by atoms with Crippen molar-refractivity contribution in [2.45, 2.75) is 6.10 Å². The molecule has 1 unspecified atom stereocenters. The molecule has 1 aliphatic rings. The number of nitrogens with one attached hydrogen (secondary N) is 1. The summed E-state index contributed by atoms with van der Waals surface area (Å²) in [7, 11) is 0. The minimum atomic E-state index is -0.515. The van der Waals surface area contributed by atoms with E-state index < -0.39 is 6.10 Å². The fraction of sp³-hybridized carbons (Fsp3) is 0.364. The van der Waals surface area contributed by atoms with E-state index in [0.717, 1.165) is 5.56 Å². The molecule has 86 valence electrons. The number of carbonyl (C=O) groups excluding carboxylic acids is 1.